The average Bonchev–Trinajstić information content (AvgIpc) is 3.09. The Morgan fingerprint density at radius 2 is 1.29 bits per heavy atom. The number of aromatic hydroxyl groups is 1. The molecule has 3 aromatic rings. The van der Waals surface area contributed by atoms with Crippen LogP contribution in [0.4, 0.5) is 0 Å². The van der Waals surface area contributed by atoms with Gasteiger partial charge >= 0.3 is 0 Å². The Kier molecular flexibility index (Phi) is 3.75. The Hall–Kier alpha value is -3.07. The number of benzene rings is 3. The monoisotopic (exact) mass is 314 g/mol. The molecule has 0 radical (unpaired) electrons. The van der Waals surface area contributed by atoms with Gasteiger partial charge in [0.05, 0.1) is 6.04 Å². The Morgan fingerprint density at radius 3 is 1.92 bits per heavy atom. The standard InChI is InChI=1S/C21H18N2O/c24-18-13-11-17(12-14-18)21-22-19(15-7-3-1-4-8-15)20(23-21)16-9-5-2-6-10-16/h1-14,19-20,24H,(H,22,23). The molecule has 2 N–H and O–H groups in total. The van der Waals surface area contributed by atoms with E-state index in [4.69, 9.17) is 4.99 Å². The molecule has 3 heteroatoms. The number of hydrogen-bond acceptors (Lipinski definition) is 3. The highest BCUT2D eigenvalue weighted by Crippen LogP contribution is 2.36. The van der Waals surface area contributed by atoms with Crippen LogP contribution in [-0.2, 0) is 0 Å². The number of amidine groups is 1. The molecule has 3 aromatic carbocycles. The molecule has 0 saturated carbocycles. The first-order chi connectivity index (χ1) is 11.8. The van der Waals surface area contributed by atoms with Gasteiger partial charge in [-0.15, -0.1) is 0 Å². The average molecular weight is 314 g/mol. The van der Waals surface area contributed by atoms with E-state index in [0.29, 0.717) is 0 Å². The van der Waals surface area contributed by atoms with E-state index in [0.717, 1.165) is 11.4 Å². The first-order valence-electron chi connectivity index (χ1n) is 8.05. The predicted octanol–water partition coefficient (Wildman–Crippen LogP) is 4.22. The van der Waals surface area contributed by atoms with Crippen molar-refractivity contribution in [1.82, 2.24) is 5.32 Å². The van der Waals surface area contributed by atoms with E-state index in [1.54, 1.807) is 12.1 Å². The molecule has 0 fully saturated rings. The third-order valence-corrected chi connectivity index (χ3v) is 4.32. The predicted molar refractivity (Wildman–Crippen MR) is 96.1 cm³/mol. The summed E-state index contributed by atoms with van der Waals surface area (Å²) in [7, 11) is 0. The molecule has 0 saturated heterocycles. The number of phenolic OH excluding ortho intramolecular Hbond substituents is 1. The van der Waals surface area contributed by atoms with E-state index in [2.05, 4.69) is 41.7 Å². The summed E-state index contributed by atoms with van der Waals surface area (Å²) in [5, 5.41) is 13.1. The van der Waals surface area contributed by atoms with Crippen LogP contribution >= 0.6 is 0 Å². The van der Waals surface area contributed by atoms with E-state index in [-0.39, 0.29) is 17.8 Å². The van der Waals surface area contributed by atoms with Gasteiger partial charge in [0.2, 0.25) is 0 Å². The largest absolute Gasteiger partial charge is 0.508 e. The minimum Gasteiger partial charge on any atom is -0.508 e. The molecule has 2 unspecified atom stereocenters. The van der Waals surface area contributed by atoms with Gasteiger partial charge in [0.1, 0.15) is 17.6 Å². The summed E-state index contributed by atoms with van der Waals surface area (Å²) in [6.45, 7) is 0. The molecule has 118 valence electrons. The molecular formula is C21H18N2O. The van der Waals surface area contributed by atoms with Gasteiger partial charge in [-0.1, -0.05) is 60.7 Å². The van der Waals surface area contributed by atoms with Gasteiger partial charge in [0.25, 0.3) is 0 Å². The van der Waals surface area contributed by atoms with Crippen molar-refractivity contribution >= 4 is 5.84 Å². The minimum atomic E-state index is 0.0254. The van der Waals surface area contributed by atoms with Gasteiger partial charge in [-0.05, 0) is 35.4 Å². The Labute approximate surface area is 141 Å². The zero-order valence-corrected chi connectivity index (χ0v) is 13.1. The summed E-state index contributed by atoms with van der Waals surface area (Å²) < 4.78 is 0. The topological polar surface area (TPSA) is 44.6 Å². The third-order valence-electron chi connectivity index (χ3n) is 4.32. The van der Waals surface area contributed by atoms with Crippen molar-refractivity contribution in [3.63, 3.8) is 0 Å². The van der Waals surface area contributed by atoms with E-state index < -0.39 is 0 Å². The van der Waals surface area contributed by atoms with E-state index in [1.165, 1.54) is 11.1 Å². The van der Waals surface area contributed by atoms with Crippen LogP contribution in [0.1, 0.15) is 28.8 Å². The fraction of sp³-hybridized carbons (Fsp3) is 0.0952. The summed E-state index contributed by atoms with van der Waals surface area (Å²) in [6, 6.07) is 28.0. The zero-order valence-electron chi connectivity index (χ0n) is 13.1. The lowest BCUT2D eigenvalue weighted by Crippen LogP contribution is -2.25. The summed E-state index contributed by atoms with van der Waals surface area (Å²) >= 11 is 0. The van der Waals surface area contributed by atoms with Crippen LogP contribution in [0.5, 0.6) is 5.75 Å². The third kappa shape index (κ3) is 2.76. The summed E-state index contributed by atoms with van der Waals surface area (Å²) in [5.74, 6) is 1.12. The van der Waals surface area contributed by atoms with Crippen LogP contribution < -0.4 is 5.32 Å². The van der Waals surface area contributed by atoms with Gasteiger partial charge in [-0.2, -0.15) is 0 Å². The minimum absolute atomic E-state index is 0.0254. The van der Waals surface area contributed by atoms with Crippen LogP contribution in [0.25, 0.3) is 0 Å². The molecule has 0 bridgehead atoms. The van der Waals surface area contributed by atoms with Crippen molar-refractivity contribution in [3.05, 3.63) is 102 Å². The molecular weight excluding hydrogens is 296 g/mol. The highest BCUT2D eigenvalue weighted by Gasteiger charge is 2.31. The first kappa shape index (κ1) is 14.5. The Balaban J connectivity index is 1.74. The molecule has 1 aliphatic rings. The Bertz CT molecular complexity index is 842. The smallest absolute Gasteiger partial charge is 0.129 e. The number of hydrogen-bond donors (Lipinski definition) is 2. The van der Waals surface area contributed by atoms with Crippen molar-refractivity contribution in [1.29, 1.82) is 0 Å². The number of phenols is 1. The lowest BCUT2D eigenvalue weighted by Gasteiger charge is -2.19. The van der Waals surface area contributed by atoms with Crippen LogP contribution in [0.2, 0.25) is 0 Å². The molecule has 1 aliphatic heterocycles. The summed E-state index contributed by atoms with van der Waals surface area (Å²) in [4.78, 5) is 4.94. The van der Waals surface area contributed by atoms with Gasteiger partial charge in [0, 0.05) is 5.56 Å². The van der Waals surface area contributed by atoms with Gasteiger partial charge in [0.15, 0.2) is 0 Å². The van der Waals surface area contributed by atoms with E-state index in [9.17, 15) is 5.11 Å². The van der Waals surface area contributed by atoms with Crippen molar-refractivity contribution in [3.8, 4) is 5.75 Å². The van der Waals surface area contributed by atoms with Gasteiger partial charge < -0.3 is 10.4 Å². The molecule has 0 aromatic heterocycles. The molecule has 0 aliphatic carbocycles. The maximum absolute atomic E-state index is 9.50. The van der Waals surface area contributed by atoms with Crippen molar-refractivity contribution in [2.75, 3.05) is 0 Å². The number of nitrogens with one attached hydrogen (secondary N) is 1. The quantitative estimate of drug-likeness (QED) is 0.760. The van der Waals surface area contributed by atoms with Crippen molar-refractivity contribution < 1.29 is 5.11 Å². The molecule has 3 nitrogen and oxygen atoms in total. The van der Waals surface area contributed by atoms with Gasteiger partial charge in [-0.3, -0.25) is 4.99 Å². The second-order valence-electron chi connectivity index (χ2n) is 5.91. The second kappa shape index (κ2) is 6.20. The fourth-order valence-corrected chi connectivity index (χ4v) is 3.10. The first-order valence-corrected chi connectivity index (χ1v) is 8.05. The molecule has 0 amide bonds. The Morgan fingerprint density at radius 1 is 0.708 bits per heavy atom. The SMILES string of the molecule is Oc1ccc(C2=NC(c3ccccc3)C(c3ccccc3)N2)cc1. The number of nitrogens with zero attached hydrogens (tertiary/aromatic N) is 1. The maximum atomic E-state index is 9.50. The second-order valence-corrected chi connectivity index (χ2v) is 5.91. The molecule has 24 heavy (non-hydrogen) atoms. The van der Waals surface area contributed by atoms with E-state index in [1.807, 2.05) is 36.4 Å². The summed E-state index contributed by atoms with van der Waals surface area (Å²) in [6.07, 6.45) is 0. The summed E-state index contributed by atoms with van der Waals surface area (Å²) in [5.41, 5.74) is 3.38. The normalized spacial score (nSPS) is 19.6. The highest BCUT2D eigenvalue weighted by molar-refractivity contribution is 6.00. The van der Waals surface area contributed by atoms with Crippen LogP contribution in [0, 0.1) is 0 Å². The molecule has 1 heterocycles. The zero-order chi connectivity index (χ0) is 16.4. The van der Waals surface area contributed by atoms with Crippen molar-refractivity contribution in [2.24, 2.45) is 4.99 Å². The van der Waals surface area contributed by atoms with Crippen LogP contribution in [0.3, 0.4) is 0 Å². The van der Waals surface area contributed by atoms with Gasteiger partial charge in [-0.25, -0.2) is 0 Å². The number of aliphatic imine (C=N–C) groups is 1. The van der Waals surface area contributed by atoms with Crippen LogP contribution in [-0.4, -0.2) is 10.9 Å². The maximum Gasteiger partial charge on any atom is 0.129 e. The number of rotatable bonds is 3. The fourth-order valence-electron chi connectivity index (χ4n) is 3.10. The molecule has 2 atom stereocenters. The van der Waals surface area contributed by atoms with Crippen molar-refractivity contribution in [2.45, 2.75) is 12.1 Å². The molecule has 0 spiro atoms. The lowest BCUT2D eigenvalue weighted by atomic mass is 9.95. The lowest BCUT2D eigenvalue weighted by molar-refractivity contribution is 0.475. The van der Waals surface area contributed by atoms with Crippen LogP contribution in [0.15, 0.2) is 89.9 Å². The molecule has 4 rings (SSSR count). The highest BCUT2D eigenvalue weighted by atomic mass is 16.3. The van der Waals surface area contributed by atoms with E-state index >= 15 is 0 Å².